The van der Waals surface area contributed by atoms with Gasteiger partial charge in [-0.05, 0) is 12.1 Å². The Kier molecular flexibility index (Phi) is 2.59. The molecule has 0 spiro atoms. The van der Waals surface area contributed by atoms with E-state index in [1.165, 1.54) is 0 Å². The van der Waals surface area contributed by atoms with Crippen molar-refractivity contribution in [3.63, 3.8) is 0 Å². The Morgan fingerprint density at radius 3 is 2.82 bits per heavy atom. The molecule has 0 heterocycles. The van der Waals surface area contributed by atoms with Crippen molar-refractivity contribution in [2.75, 3.05) is 5.73 Å². The third kappa shape index (κ3) is 2.01. The molecule has 4 heteroatoms. The molecule has 0 radical (unpaired) electrons. The van der Waals surface area contributed by atoms with Crippen molar-refractivity contribution in [1.29, 1.82) is 0 Å². The Labute approximate surface area is 72.7 Å². The van der Waals surface area contributed by atoms with Crippen LogP contribution in [0.25, 0.3) is 0 Å². The average molecular weight is 215 g/mol. The van der Waals surface area contributed by atoms with Crippen LogP contribution in [0.1, 0.15) is 5.56 Å². The first-order valence-corrected chi connectivity index (χ1v) is 3.86. The summed E-state index contributed by atoms with van der Waals surface area (Å²) in [6.45, 7) is 0.138. The van der Waals surface area contributed by atoms with Crippen LogP contribution in [0.4, 0.5) is 5.69 Å². The van der Waals surface area contributed by atoms with Crippen LogP contribution in [0.3, 0.4) is 0 Å². The highest BCUT2D eigenvalue weighted by Crippen LogP contribution is 2.18. The highest BCUT2D eigenvalue weighted by atomic mass is 79.9. The number of halogens is 1. The van der Waals surface area contributed by atoms with Gasteiger partial charge in [-0.3, -0.25) is 0 Å². The summed E-state index contributed by atoms with van der Waals surface area (Å²) >= 11 is 3.26. The molecule has 2 N–H and O–H groups in total. The SMILES string of the molecule is Nc1cc(Br)ccc1CN=O. The first-order chi connectivity index (χ1) is 5.24. The van der Waals surface area contributed by atoms with E-state index in [1.807, 2.05) is 6.07 Å². The minimum absolute atomic E-state index is 0.138. The first kappa shape index (κ1) is 8.20. The summed E-state index contributed by atoms with van der Waals surface area (Å²) in [5.41, 5.74) is 6.94. The number of nitrogen functional groups attached to an aromatic ring is 1. The molecule has 0 unspecified atom stereocenters. The largest absolute Gasteiger partial charge is 0.398 e. The number of hydrogen-bond donors (Lipinski definition) is 1. The van der Waals surface area contributed by atoms with Crippen molar-refractivity contribution < 1.29 is 0 Å². The lowest BCUT2D eigenvalue weighted by atomic mass is 10.2. The fraction of sp³-hybridized carbons (Fsp3) is 0.143. The van der Waals surface area contributed by atoms with E-state index in [1.54, 1.807) is 12.1 Å². The molecule has 0 fully saturated rings. The Morgan fingerprint density at radius 1 is 1.55 bits per heavy atom. The van der Waals surface area contributed by atoms with E-state index in [4.69, 9.17) is 5.73 Å². The number of anilines is 1. The van der Waals surface area contributed by atoms with E-state index < -0.39 is 0 Å². The molecule has 1 rings (SSSR count). The van der Waals surface area contributed by atoms with Crippen LogP contribution in [0.5, 0.6) is 0 Å². The van der Waals surface area contributed by atoms with E-state index in [0.29, 0.717) is 5.69 Å². The number of nitroso groups, excluding NO2 is 1. The summed E-state index contributed by atoms with van der Waals surface area (Å²) in [7, 11) is 0. The number of hydrogen-bond acceptors (Lipinski definition) is 3. The van der Waals surface area contributed by atoms with Crippen molar-refractivity contribution in [3.8, 4) is 0 Å². The van der Waals surface area contributed by atoms with Gasteiger partial charge in [-0.15, -0.1) is 0 Å². The van der Waals surface area contributed by atoms with Crippen LogP contribution in [0.15, 0.2) is 27.8 Å². The van der Waals surface area contributed by atoms with Gasteiger partial charge in [0.15, 0.2) is 0 Å². The smallest absolute Gasteiger partial charge is 0.108 e. The summed E-state index contributed by atoms with van der Waals surface area (Å²) < 4.78 is 0.907. The fourth-order valence-corrected chi connectivity index (χ4v) is 1.16. The van der Waals surface area contributed by atoms with Crippen molar-refractivity contribution in [2.45, 2.75) is 6.54 Å². The monoisotopic (exact) mass is 214 g/mol. The van der Waals surface area contributed by atoms with E-state index in [9.17, 15) is 4.91 Å². The third-order valence-electron chi connectivity index (χ3n) is 1.34. The van der Waals surface area contributed by atoms with Gasteiger partial charge in [0.25, 0.3) is 0 Å². The van der Waals surface area contributed by atoms with Gasteiger partial charge >= 0.3 is 0 Å². The van der Waals surface area contributed by atoms with Crippen LogP contribution in [0, 0.1) is 4.91 Å². The normalized spacial score (nSPS) is 9.55. The van der Waals surface area contributed by atoms with Gasteiger partial charge in [-0.25, -0.2) is 0 Å². The Balaban J connectivity index is 2.98. The quantitative estimate of drug-likeness (QED) is 0.607. The fourth-order valence-electron chi connectivity index (χ4n) is 0.779. The van der Waals surface area contributed by atoms with Gasteiger partial charge in [0.05, 0.1) is 0 Å². The molecule has 3 nitrogen and oxygen atoms in total. The lowest BCUT2D eigenvalue weighted by Crippen LogP contribution is -1.91. The van der Waals surface area contributed by atoms with Crippen molar-refractivity contribution in [1.82, 2.24) is 0 Å². The molecule has 11 heavy (non-hydrogen) atoms. The summed E-state index contributed by atoms with van der Waals surface area (Å²) in [6.07, 6.45) is 0. The van der Waals surface area contributed by atoms with E-state index in [0.717, 1.165) is 10.0 Å². The molecule has 0 amide bonds. The van der Waals surface area contributed by atoms with Gasteiger partial charge in [0, 0.05) is 15.7 Å². The Morgan fingerprint density at radius 2 is 2.27 bits per heavy atom. The Hall–Kier alpha value is -0.900. The van der Waals surface area contributed by atoms with Crippen molar-refractivity contribution >= 4 is 21.6 Å². The van der Waals surface area contributed by atoms with Crippen LogP contribution in [-0.2, 0) is 6.54 Å². The van der Waals surface area contributed by atoms with Gasteiger partial charge < -0.3 is 5.73 Å². The van der Waals surface area contributed by atoms with Crippen molar-refractivity contribution in [3.05, 3.63) is 33.1 Å². The second kappa shape index (κ2) is 3.48. The predicted octanol–water partition coefficient (Wildman–Crippen LogP) is 2.30. The molecule has 0 aromatic heterocycles. The van der Waals surface area contributed by atoms with Crippen LogP contribution in [-0.4, -0.2) is 0 Å². The molecular formula is C7H7BrN2O. The second-order valence-electron chi connectivity index (χ2n) is 2.13. The summed E-state index contributed by atoms with van der Waals surface area (Å²) in [6, 6.07) is 5.36. The molecular weight excluding hydrogens is 208 g/mol. The number of nitrogens with two attached hydrogens (primary N) is 1. The zero-order valence-electron chi connectivity index (χ0n) is 5.75. The highest BCUT2D eigenvalue weighted by molar-refractivity contribution is 9.10. The van der Waals surface area contributed by atoms with Crippen LogP contribution >= 0.6 is 15.9 Å². The first-order valence-electron chi connectivity index (χ1n) is 3.07. The molecule has 0 saturated carbocycles. The van der Waals surface area contributed by atoms with Crippen molar-refractivity contribution in [2.24, 2.45) is 5.18 Å². The Bertz CT molecular complexity index is 275. The maximum absolute atomic E-state index is 9.89. The zero-order chi connectivity index (χ0) is 8.27. The third-order valence-corrected chi connectivity index (χ3v) is 1.84. The van der Waals surface area contributed by atoms with E-state index >= 15 is 0 Å². The van der Waals surface area contributed by atoms with Gasteiger partial charge in [-0.2, -0.15) is 4.91 Å². The molecule has 0 atom stereocenters. The summed E-state index contributed by atoms with van der Waals surface area (Å²) in [5.74, 6) is 0. The molecule has 1 aromatic rings. The molecule has 58 valence electrons. The average Bonchev–Trinajstić information content (AvgIpc) is 1.95. The highest BCUT2D eigenvalue weighted by Gasteiger charge is 1.98. The number of nitrogens with zero attached hydrogens (tertiary/aromatic N) is 1. The topological polar surface area (TPSA) is 55.4 Å². The lowest BCUT2D eigenvalue weighted by molar-refractivity contribution is 1.06. The van der Waals surface area contributed by atoms with Crippen LogP contribution < -0.4 is 5.73 Å². The molecule has 1 aromatic carbocycles. The van der Waals surface area contributed by atoms with Gasteiger partial charge in [0.2, 0.25) is 0 Å². The maximum Gasteiger partial charge on any atom is 0.108 e. The minimum atomic E-state index is 0.138. The molecule has 0 saturated heterocycles. The minimum Gasteiger partial charge on any atom is -0.398 e. The number of benzene rings is 1. The van der Waals surface area contributed by atoms with Crippen LogP contribution in [0.2, 0.25) is 0 Å². The predicted molar refractivity (Wildman–Crippen MR) is 48.1 cm³/mol. The van der Waals surface area contributed by atoms with E-state index in [-0.39, 0.29) is 6.54 Å². The lowest BCUT2D eigenvalue weighted by Gasteiger charge is -2.00. The standard InChI is InChI=1S/C7H7BrN2O/c8-6-2-1-5(4-10-11)7(9)3-6/h1-3H,4,9H2. The van der Waals surface area contributed by atoms with Gasteiger partial charge in [-0.1, -0.05) is 27.2 Å². The molecule has 0 aliphatic heterocycles. The second-order valence-corrected chi connectivity index (χ2v) is 3.05. The van der Waals surface area contributed by atoms with Gasteiger partial charge in [0.1, 0.15) is 6.54 Å². The number of rotatable bonds is 2. The molecule has 0 aliphatic rings. The molecule has 0 aliphatic carbocycles. The molecule has 0 bridgehead atoms. The zero-order valence-corrected chi connectivity index (χ0v) is 7.34. The maximum atomic E-state index is 9.89. The summed E-state index contributed by atoms with van der Waals surface area (Å²) in [5, 5.41) is 2.75. The van der Waals surface area contributed by atoms with E-state index in [2.05, 4.69) is 21.1 Å². The summed E-state index contributed by atoms with van der Waals surface area (Å²) in [4.78, 5) is 9.89.